The lowest BCUT2D eigenvalue weighted by molar-refractivity contribution is -0.255. The predicted molar refractivity (Wildman–Crippen MR) is 61.2 cm³/mol. The first-order chi connectivity index (χ1) is 8.70. The standard InChI is InChI=1S/C10H20N2O6/c1-15-17-9(13)3-5-11-7-8-12-6-4-10(14)18-16-2/h11-12H,3-8H2,1-2H3. The Kier molecular flexibility index (Phi) is 11.4. The van der Waals surface area contributed by atoms with Crippen LogP contribution in [0.4, 0.5) is 0 Å². The highest BCUT2D eigenvalue weighted by atomic mass is 17.2. The van der Waals surface area contributed by atoms with Crippen molar-refractivity contribution >= 4 is 11.9 Å². The molecule has 0 rings (SSSR count). The Bertz CT molecular complexity index is 212. The molecule has 8 heteroatoms. The summed E-state index contributed by atoms with van der Waals surface area (Å²) in [6.07, 6.45) is 0.488. The fourth-order valence-electron chi connectivity index (χ4n) is 1.08. The molecular formula is C10H20N2O6. The summed E-state index contributed by atoms with van der Waals surface area (Å²) in [4.78, 5) is 38.7. The van der Waals surface area contributed by atoms with Gasteiger partial charge in [-0.3, -0.25) is 9.78 Å². The van der Waals surface area contributed by atoms with Gasteiger partial charge in [-0.15, -0.1) is 0 Å². The Labute approximate surface area is 106 Å². The zero-order valence-corrected chi connectivity index (χ0v) is 10.7. The van der Waals surface area contributed by atoms with Crippen molar-refractivity contribution in [2.24, 2.45) is 0 Å². The fraction of sp³-hybridized carbons (Fsp3) is 0.800. The molecule has 0 heterocycles. The summed E-state index contributed by atoms with van der Waals surface area (Å²) in [6.45, 7) is 2.38. The van der Waals surface area contributed by atoms with Gasteiger partial charge in [0.15, 0.2) is 0 Å². The van der Waals surface area contributed by atoms with Gasteiger partial charge in [0, 0.05) is 26.2 Å². The van der Waals surface area contributed by atoms with Gasteiger partial charge in [0.2, 0.25) is 0 Å². The molecule has 0 amide bonds. The number of carbonyl (C=O) groups excluding carboxylic acids is 2. The summed E-state index contributed by atoms with van der Waals surface area (Å²) >= 11 is 0. The molecule has 0 aliphatic carbocycles. The molecule has 18 heavy (non-hydrogen) atoms. The molecule has 0 saturated carbocycles. The maximum absolute atomic E-state index is 10.8. The summed E-state index contributed by atoms with van der Waals surface area (Å²) in [5, 5.41) is 6.06. The highest BCUT2D eigenvalue weighted by Crippen LogP contribution is 1.85. The lowest BCUT2D eigenvalue weighted by Gasteiger charge is -2.05. The third-order valence-electron chi connectivity index (χ3n) is 1.84. The number of hydrogen-bond donors (Lipinski definition) is 2. The van der Waals surface area contributed by atoms with Crippen molar-refractivity contribution in [3.8, 4) is 0 Å². The SMILES string of the molecule is COOC(=O)CCNCCNCCC(=O)OOC. The van der Waals surface area contributed by atoms with Crippen LogP contribution in [-0.4, -0.2) is 52.3 Å². The molecule has 0 unspecified atom stereocenters. The maximum Gasteiger partial charge on any atom is 0.343 e. The molecule has 0 aliphatic heterocycles. The van der Waals surface area contributed by atoms with E-state index in [2.05, 4.69) is 30.2 Å². The first-order valence-corrected chi connectivity index (χ1v) is 5.59. The molecule has 0 aromatic rings. The smallest absolute Gasteiger partial charge is 0.315 e. The number of hydrogen-bond acceptors (Lipinski definition) is 8. The van der Waals surface area contributed by atoms with E-state index in [0.717, 1.165) is 0 Å². The van der Waals surface area contributed by atoms with Gasteiger partial charge in [-0.05, 0) is 0 Å². The average molecular weight is 264 g/mol. The van der Waals surface area contributed by atoms with Crippen molar-refractivity contribution in [2.45, 2.75) is 12.8 Å². The molecule has 0 aromatic heterocycles. The summed E-state index contributed by atoms with van der Waals surface area (Å²) in [5.41, 5.74) is 0. The summed E-state index contributed by atoms with van der Waals surface area (Å²) in [6, 6.07) is 0. The van der Waals surface area contributed by atoms with Gasteiger partial charge >= 0.3 is 11.9 Å². The van der Waals surface area contributed by atoms with Crippen LogP contribution in [0.25, 0.3) is 0 Å². The van der Waals surface area contributed by atoms with Crippen molar-refractivity contribution in [2.75, 3.05) is 40.4 Å². The van der Waals surface area contributed by atoms with Gasteiger partial charge < -0.3 is 10.6 Å². The van der Waals surface area contributed by atoms with Gasteiger partial charge in [0.05, 0.1) is 27.1 Å². The fourth-order valence-corrected chi connectivity index (χ4v) is 1.08. The van der Waals surface area contributed by atoms with Gasteiger partial charge in [-0.25, -0.2) is 9.59 Å². The van der Waals surface area contributed by atoms with Crippen molar-refractivity contribution in [3.05, 3.63) is 0 Å². The molecular weight excluding hydrogens is 244 g/mol. The monoisotopic (exact) mass is 264 g/mol. The van der Waals surface area contributed by atoms with Crippen LogP contribution < -0.4 is 10.6 Å². The Morgan fingerprint density at radius 1 is 0.778 bits per heavy atom. The largest absolute Gasteiger partial charge is 0.343 e. The molecule has 106 valence electrons. The molecule has 0 aliphatic rings. The van der Waals surface area contributed by atoms with Crippen LogP contribution >= 0.6 is 0 Å². The Hall–Kier alpha value is -1.22. The van der Waals surface area contributed by atoms with E-state index in [1.54, 1.807) is 0 Å². The van der Waals surface area contributed by atoms with Gasteiger partial charge in [0.25, 0.3) is 0 Å². The first-order valence-electron chi connectivity index (χ1n) is 5.59. The third kappa shape index (κ3) is 11.3. The molecule has 0 radical (unpaired) electrons. The molecule has 0 fully saturated rings. The molecule has 0 aromatic carbocycles. The molecule has 2 N–H and O–H groups in total. The Morgan fingerprint density at radius 2 is 1.17 bits per heavy atom. The Morgan fingerprint density at radius 3 is 1.50 bits per heavy atom. The number of carbonyl (C=O) groups is 2. The van der Waals surface area contributed by atoms with E-state index in [1.807, 2.05) is 0 Å². The van der Waals surface area contributed by atoms with Gasteiger partial charge in [-0.2, -0.15) is 9.78 Å². The summed E-state index contributed by atoms with van der Waals surface area (Å²) < 4.78 is 0. The minimum Gasteiger partial charge on any atom is -0.315 e. The minimum atomic E-state index is -0.416. The van der Waals surface area contributed by atoms with Crippen LogP contribution in [0.2, 0.25) is 0 Å². The van der Waals surface area contributed by atoms with Gasteiger partial charge in [-0.1, -0.05) is 0 Å². The molecule has 0 bridgehead atoms. The maximum atomic E-state index is 10.8. The van der Waals surface area contributed by atoms with Crippen molar-refractivity contribution in [3.63, 3.8) is 0 Å². The summed E-state index contributed by atoms with van der Waals surface area (Å²) in [7, 11) is 2.56. The molecule has 0 saturated heterocycles. The van der Waals surface area contributed by atoms with E-state index in [0.29, 0.717) is 26.2 Å². The second-order valence-electron chi connectivity index (χ2n) is 3.24. The van der Waals surface area contributed by atoms with E-state index in [-0.39, 0.29) is 12.8 Å². The first kappa shape index (κ1) is 16.8. The van der Waals surface area contributed by atoms with Crippen LogP contribution in [0.3, 0.4) is 0 Å². The van der Waals surface area contributed by atoms with Crippen molar-refractivity contribution in [1.82, 2.24) is 10.6 Å². The highest BCUT2D eigenvalue weighted by Gasteiger charge is 2.02. The lowest BCUT2D eigenvalue weighted by Crippen LogP contribution is -2.30. The minimum absolute atomic E-state index is 0.244. The average Bonchev–Trinajstić information content (AvgIpc) is 2.33. The van der Waals surface area contributed by atoms with E-state index in [1.165, 1.54) is 14.2 Å². The van der Waals surface area contributed by atoms with Gasteiger partial charge in [0.1, 0.15) is 0 Å². The van der Waals surface area contributed by atoms with E-state index in [9.17, 15) is 9.59 Å². The topological polar surface area (TPSA) is 95.1 Å². The second kappa shape index (κ2) is 12.2. The number of rotatable bonds is 11. The van der Waals surface area contributed by atoms with Crippen LogP contribution in [0, 0.1) is 0 Å². The molecule has 8 nitrogen and oxygen atoms in total. The van der Waals surface area contributed by atoms with Crippen LogP contribution in [0.5, 0.6) is 0 Å². The van der Waals surface area contributed by atoms with E-state index in [4.69, 9.17) is 0 Å². The summed E-state index contributed by atoms with van der Waals surface area (Å²) in [5.74, 6) is -0.833. The predicted octanol–water partition coefficient (Wildman–Crippen LogP) is -0.845. The zero-order chi connectivity index (χ0) is 13.6. The van der Waals surface area contributed by atoms with E-state index < -0.39 is 11.9 Å². The number of nitrogens with one attached hydrogen (secondary N) is 2. The molecule has 0 atom stereocenters. The third-order valence-corrected chi connectivity index (χ3v) is 1.84. The Balaban J connectivity index is 3.16. The zero-order valence-electron chi connectivity index (χ0n) is 10.7. The van der Waals surface area contributed by atoms with E-state index >= 15 is 0 Å². The highest BCUT2D eigenvalue weighted by molar-refractivity contribution is 5.69. The van der Waals surface area contributed by atoms with Crippen LogP contribution in [-0.2, 0) is 29.1 Å². The van der Waals surface area contributed by atoms with Crippen LogP contribution in [0.15, 0.2) is 0 Å². The molecule has 0 spiro atoms. The lowest BCUT2D eigenvalue weighted by atomic mass is 10.4. The van der Waals surface area contributed by atoms with Crippen LogP contribution in [0.1, 0.15) is 12.8 Å². The second-order valence-corrected chi connectivity index (χ2v) is 3.24. The van der Waals surface area contributed by atoms with Crippen molar-refractivity contribution < 1.29 is 29.1 Å². The normalized spacial score (nSPS) is 10.1. The van der Waals surface area contributed by atoms with Crippen molar-refractivity contribution in [1.29, 1.82) is 0 Å². The quantitative estimate of drug-likeness (QED) is 0.283.